The SMILES string of the molecule is CC(C)C(CN1CCOCC1)Nc1ccc2nnc(-c3ccc4c(c3)OCO4)n2n1. The van der Waals surface area contributed by atoms with Crippen LogP contribution in [0.25, 0.3) is 17.0 Å². The van der Waals surface area contributed by atoms with Crippen molar-refractivity contribution in [3.63, 3.8) is 0 Å². The van der Waals surface area contributed by atoms with Crippen LogP contribution in [0.3, 0.4) is 0 Å². The molecule has 1 saturated heterocycles. The quantitative estimate of drug-likeness (QED) is 0.663. The largest absolute Gasteiger partial charge is 0.454 e. The van der Waals surface area contributed by atoms with Crippen LogP contribution in [0.5, 0.6) is 11.5 Å². The number of aromatic nitrogens is 4. The lowest BCUT2D eigenvalue weighted by Gasteiger charge is -2.32. The Balaban J connectivity index is 1.40. The number of ether oxygens (including phenoxy) is 3. The lowest BCUT2D eigenvalue weighted by atomic mass is 10.0. The van der Waals surface area contributed by atoms with E-state index in [0.717, 1.165) is 50.0 Å². The van der Waals surface area contributed by atoms with Gasteiger partial charge in [-0.15, -0.1) is 15.3 Å². The van der Waals surface area contributed by atoms with Crippen LogP contribution in [-0.4, -0.2) is 70.4 Å². The highest BCUT2D eigenvalue weighted by molar-refractivity contribution is 5.64. The van der Waals surface area contributed by atoms with E-state index in [9.17, 15) is 0 Å². The zero-order valence-electron chi connectivity index (χ0n) is 17.2. The standard InChI is InChI=1S/C21H26N6O3/c1-14(2)16(12-26-7-9-28-10-8-26)22-19-5-6-20-23-24-21(27(20)25-19)15-3-4-17-18(11-15)30-13-29-17/h3-6,11,14,16H,7-10,12-13H2,1-2H3,(H,22,25). The van der Waals surface area contributed by atoms with Gasteiger partial charge in [0.1, 0.15) is 5.82 Å². The molecular weight excluding hydrogens is 384 g/mol. The maximum Gasteiger partial charge on any atom is 0.231 e. The summed E-state index contributed by atoms with van der Waals surface area (Å²) in [7, 11) is 0. The number of nitrogens with one attached hydrogen (secondary N) is 1. The van der Waals surface area contributed by atoms with E-state index in [1.54, 1.807) is 4.52 Å². The van der Waals surface area contributed by atoms with Crippen LogP contribution in [0.1, 0.15) is 13.8 Å². The maximum absolute atomic E-state index is 5.50. The Morgan fingerprint density at radius 1 is 1.03 bits per heavy atom. The number of benzene rings is 1. The lowest BCUT2D eigenvalue weighted by Crippen LogP contribution is -2.45. The van der Waals surface area contributed by atoms with Gasteiger partial charge < -0.3 is 19.5 Å². The second-order valence-electron chi connectivity index (χ2n) is 7.99. The number of nitrogens with zero attached hydrogens (tertiary/aromatic N) is 5. The van der Waals surface area contributed by atoms with Gasteiger partial charge in [-0.3, -0.25) is 4.90 Å². The first-order valence-corrected chi connectivity index (χ1v) is 10.4. The Kier molecular flexibility index (Phi) is 5.14. The summed E-state index contributed by atoms with van der Waals surface area (Å²) in [5.41, 5.74) is 1.58. The van der Waals surface area contributed by atoms with Gasteiger partial charge in [-0.2, -0.15) is 4.52 Å². The molecule has 5 rings (SSSR count). The summed E-state index contributed by atoms with van der Waals surface area (Å²) in [6, 6.07) is 9.92. The lowest BCUT2D eigenvalue weighted by molar-refractivity contribution is 0.0343. The average Bonchev–Trinajstić information content (AvgIpc) is 3.40. The minimum atomic E-state index is 0.241. The highest BCUT2D eigenvalue weighted by Crippen LogP contribution is 2.35. The summed E-state index contributed by atoms with van der Waals surface area (Å²) < 4.78 is 18.1. The molecule has 0 saturated carbocycles. The minimum Gasteiger partial charge on any atom is -0.454 e. The van der Waals surface area contributed by atoms with Crippen molar-refractivity contribution in [2.45, 2.75) is 19.9 Å². The van der Waals surface area contributed by atoms with Crippen molar-refractivity contribution in [2.75, 3.05) is 45.0 Å². The predicted octanol–water partition coefficient (Wildman–Crippen LogP) is 2.29. The van der Waals surface area contributed by atoms with Crippen molar-refractivity contribution < 1.29 is 14.2 Å². The van der Waals surface area contributed by atoms with Gasteiger partial charge in [-0.05, 0) is 36.2 Å². The van der Waals surface area contributed by atoms with Crippen LogP contribution in [0, 0.1) is 5.92 Å². The normalized spacial score (nSPS) is 17.6. The highest BCUT2D eigenvalue weighted by atomic mass is 16.7. The molecule has 2 aliphatic heterocycles. The molecule has 0 radical (unpaired) electrons. The maximum atomic E-state index is 5.50. The van der Waals surface area contributed by atoms with Gasteiger partial charge in [0.15, 0.2) is 23.0 Å². The molecular formula is C21H26N6O3. The third kappa shape index (κ3) is 3.78. The van der Waals surface area contributed by atoms with Crippen molar-refractivity contribution in [1.82, 2.24) is 24.7 Å². The average molecular weight is 410 g/mol. The monoisotopic (exact) mass is 410 g/mol. The van der Waals surface area contributed by atoms with Crippen molar-refractivity contribution in [1.29, 1.82) is 0 Å². The van der Waals surface area contributed by atoms with E-state index in [0.29, 0.717) is 23.1 Å². The Hall–Kier alpha value is -2.91. The summed E-state index contributed by atoms with van der Waals surface area (Å²) in [6.07, 6.45) is 0. The highest BCUT2D eigenvalue weighted by Gasteiger charge is 2.21. The second-order valence-corrected chi connectivity index (χ2v) is 7.99. The molecule has 0 aliphatic carbocycles. The van der Waals surface area contributed by atoms with Crippen LogP contribution >= 0.6 is 0 Å². The number of hydrogen-bond donors (Lipinski definition) is 1. The molecule has 4 heterocycles. The molecule has 30 heavy (non-hydrogen) atoms. The number of hydrogen-bond acceptors (Lipinski definition) is 8. The first-order chi connectivity index (χ1) is 14.7. The van der Waals surface area contributed by atoms with Gasteiger partial charge in [0.2, 0.25) is 6.79 Å². The van der Waals surface area contributed by atoms with Crippen LogP contribution < -0.4 is 14.8 Å². The number of rotatable bonds is 6. The van der Waals surface area contributed by atoms with Crippen molar-refractivity contribution in [2.24, 2.45) is 5.92 Å². The summed E-state index contributed by atoms with van der Waals surface area (Å²) in [6.45, 7) is 9.20. The van der Waals surface area contributed by atoms with E-state index in [1.165, 1.54) is 0 Å². The molecule has 1 atom stereocenters. The zero-order chi connectivity index (χ0) is 20.5. The summed E-state index contributed by atoms with van der Waals surface area (Å²) in [5, 5.41) is 17.0. The topological polar surface area (TPSA) is 86.0 Å². The fraction of sp³-hybridized carbons (Fsp3) is 0.476. The van der Waals surface area contributed by atoms with Crippen LogP contribution in [-0.2, 0) is 4.74 Å². The molecule has 1 fully saturated rings. The van der Waals surface area contributed by atoms with Gasteiger partial charge in [0, 0.05) is 31.2 Å². The molecule has 0 bridgehead atoms. The molecule has 158 valence electrons. The molecule has 2 aliphatic rings. The van der Waals surface area contributed by atoms with E-state index in [2.05, 4.69) is 34.3 Å². The fourth-order valence-electron chi connectivity index (χ4n) is 3.76. The van der Waals surface area contributed by atoms with Gasteiger partial charge in [0.25, 0.3) is 0 Å². The molecule has 2 aromatic heterocycles. The molecule has 3 aromatic rings. The third-order valence-corrected chi connectivity index (χ3v) is 5.59. The Morgan fingerprint density at radius 2 is 1.87 bits per heavy atom. The number of morpholine rings is 1. The van der Waals surface area contributed by atoms with Gasteiger partial charge >= 0.3 is 0 Å². The van der Waals surface area contributed by atoms with Crippen molar-refractivity contribution in [3.8, 4) is 22.9 Å². The Morgan fingerprint density at radius 3 is 2.70 bits per heavy atom. The van der Waals surface area contributed by atoms with Gasteiger partial charge in [0.05, 0.1) is 13.2 Å². The molecule has 1 aromatic carbocycles. The van der Waals surface area contributed by atoms with E-state index >= 15 is 0 Å². The smallest absolute Gasteiger partial charge is 0.231 e. The van der Waals surface area contributed by atoms with Crippen LogP contribution in [0.2, 0.25) is 0 Å². The molecule has 0 spiro atoms. The van der Waals surface area contributed by atoms with Gasteiger partial charge in [-0.25, -0.2) is 0 Å². The number of anilines is 1. The predicted molar refractivity (Wildman–Crippen MR) is 112 cm³/mol. The Labute approximate surface area is 174 Å². The fourth-order valence-corrected chi connectivity index (χ4v) is 3.76. The summed E-state index contributed by atoms with van der Waals surface area (Å²) >= 11 is 0. The second kappa shape index (κ2) is 8.08. The van der Waals surface area contributed by atoms with E-state index in [1.807, 2.05) is 30.3 Å². The van der Waals surface area contributed by atoms with Crippen molar-refractivity contribution in [3.05, 3.63) is 30.3 Å². The van der Waals surface area contributed by atoms with Crippen LogP contribution in [0.15, 0.2) is 30.3 Å². The molecule has 0 amide bonds. The van der Waals surface area contributed by atoms with Crippen LogP contribution in [0.4, 0.5) is 5.82 Å². The summed E-state index contributed by atoms with van der Waals surface area (Å²) in [4.78, 5) is 2.44. The first kappa shape index (κ1) is 19.1. The van der Waals surface area contributed by atoms with E-state index < -0.39 is 0 Å². The zero-order valence-corrected chi connectivity index (χ0v) is 17.2. The van der Waals surface area contributed by atoms with E-state index in [4.69, 9.17) is 19.3 Å². The summed E-state index contributed by atoms with van der Waals surface area (Å²) in [5.74, 6) is 3.38. The van der Waals surface area contributed by atoms with Crippen molar-refractivity contribution >= 4 is 11.5 Å². The Bertz CT molecular complexity index is 1030. The molecule has 9 nitrogen and oxygen atoms in total. The van der Waals surface area contributed by atoms with E-state index in [-0.39, 0.29) is 12.8 Å². The molecule has 9 heteroatoms. The molecule has 1 N–H and O–H groups in total. The van der Waals surface area contributed by atoms with Gasteiger partial charge in [-0.1, -0.05) is 13.8 Å². The third-order valence-electron chi connectivity index (χ3n) is 5.59. The minimum absolute atomic E-state index is 0.241. The molecule has 1 unspecified atom stereocenters. The number of fused-ring (bicyclic) bond motifs is 2. The first-order valence-electron chi connectivity index (χ1n) is 10.4.